The highest BCUT2D eigenvalue weighted by atomic mass is 16.6. The molecule has 0 aliphatic carbocycles. The van der Waals surface area contributed by atoms with Crippen LogP contribution in [0.2, 0.25) is 0 Å². The number of carbonyl (C=O) groups is 3. The third kappa shape index (κ3) is 61.9. The van der Waals surface area contributed by atoms with E-state index in [0.29, 0.717) is 25.7 Å². The van der Waals surface area contributed by atoms with E-state index in [9.17, 15) is 14.4 Å². The molecule has 6 nitrogen and oxygen atoms in total. The number of esters is 3. The minimum Gasteiger partial charge on any atom is -0.462 e. The fourth-order valence-electron chi connectivity index (χ4n) is 8.09. The van der Waals surface area contributed by atoms with Crippen molar-refractivity contribution in [1.82, 2.24) is 0 Å². The van der Waals surface area contributed by atoms with Crippen molar-refractivity contribution < 1.29 is 28.6 Å². The van der Waals surface area contributed by atoms with Gasteiger partial charge in [0.05, 0.1) is 0 Å². The monoisotopic (exact) mass is 1070 g/mol. The Morgan fingerprint density at radius 3 is 0.821 bits per heavy atom. The van der Waals surface area contributed by atoms with Crippen molar-refractivity contribution in [3.05, 3.63) is 158 Å². The number of hydrogen-bond donors (Lipinski definition) is 0. The molecule has 0 saturated heterocycles. The van der Waals surface area contributed by atoms with Crippen LogP contribution >= 0.6 is 0 Å². The van der Waals surface area contributed by atoms with E-state index in [2.05, 4.69) is 179 Å². The van der Waals surface area contributed by atoms with Gasteiger partial charge in [-0.15, -0.1) is 0 Å². The number of carbonyl (C=O) groups excluding carboxylic acids is 3. The van der Waals surface area contributed by atoms with Gasteiger partial charge in [0.2, 0.25) is 0 Å². The lowest BCUT2D eigenvalue weighted by molar-refractivity contribution is -0.167. The first-order valence-electron chi connectivity index (χ1n) is 31.5. The summed E-state index contributed by atoms with van der Waals surface area (Å²) in [6.45, 7) is 6.33. The maximum absolute atomic E-state index is 12.9. The summed E-state index contributed by atoms with van der Waals surface area (Å²) in [4.78, 5) is 38.3. The van der Waals surface area contributed by atoms with Crippen molar-refractivity contribution in [2.24, 2.45) is 0 Å². The minimum absolute atomic E-state index is 0.121. The molecule has 78 heavy (non-hydrogen) atoms. The SMILES string of the molecule is CC/C=C\C/C=C\C/C=C\C/C=C\C/C=C\C/C=C\C/C=C\C/C=C\CCCCC(=O)OCC(COC(=O)CCCC/C=C\C/C=C\C/C=C\C/C=C\CC)OC(=O)CCCCCCCCC/C=C\CCCCCCCCC. The third-order valence-corrected chi connectivity index (χ3v) is 12.7. The van der Waals surface area contributed by atoms with Gasteiger partial charge in [-0.25, -0.2) is 0 Å². The molecule has 0 amide bonds. The first kappa shape index (κ1) is 73.0. The van der Waals surface area contributed by atoms with Gasteiger partial charge in [-0.05, 0) is 148 Å². The van der Waals surface area contributed by atoms with E-state index < -0.39 is 6.10 Å². The van der Waals surface area contributed by atoms with Gasteiger partial charge in [-0.2, -0.15) is 0 Å². The molecule has 0 aliphatic heterocycles. The molecule has 0 aliphatic rings. The van der Waals surface area contributed by atoms with Gasteiger partial charge in [-0.1, -0.05) is 249 Å². The molecule has 6 heteroatoms. The summed E-state index contributed by atoms with van der Waals surface area (Å²) in [6, 6.07) is 0. The highest BCUT2D eigenvalue weighted by Gasteiger charge is 2.19. The minimum atomic E-state index is -0.824. The molecule has 0 saturated carbocycles. The molecule has 1 unspecified atom stereocenters. The first-order chi connectivity index (χ1) is 38.5. The summed E-state index contributed by atoms with van der Waals surface area (Å²) < 4.78 is 16.8. The molecule has 0 radical (unpaired) electrons. The first-order valence-corrected chi connectivity index (χ1v) is 31.5. The molecule has 0 N–H and O–H groups in total. The molecule has 0 bridgehead atoms. The van der Waals surface area contributed by atoms with Crippen LogP contribution in [0.3, 0.4) is 0 Å². The molecule has 0 spiro atoms. The van der Waals surface area contributed by atoms with Gasteiger partial charge in [-0.3, -0.25) is 14.4 Å². The van der Waals surface area contributed by atoms with E-state index in [1.54, 1.807) is 0 Å². The summed E-state index contributed by atoms with van der Waals surface area (Å²) in [5, 5.41) is 0. The van der Waals surface area contributed by atoms with Gasteiger partial charge in [0, 0.05) is 19.3 Å². The van der Waals surface area contributed by atoms with Crippen LogP contribution in [-0.4, -0.2) is 37.2 Å². The Balaban J connectivity index is 4.51. The van der Waals surface area contributed by atoms with Crippen LogP contribution in [0.15, 0.2) is 158 Å². The van der Waals surface area contributed by atoms with E-state index in [0.717, 1.165) is 122 Å². The predicted octanol–water partition coefficient (Wildman–Crippen LogP) is 21.7. The lowest BCUT2D eigenvalue weighted by atomic mass is 10.1. The number of rotatable bonds is 55. The van der Waals surface area contributed by atoms with Crippen LogP contribution in [0, 0.1) is 0 Å². The second-order valence-electron chi connectivity index (χ2n) is 20.2. The van der Waals surface area contributed by atoms with E-state index in [1.807, 2.05) is 0 Å². The van der Waals surface area contributed by atoms with Gasteiger partial charge < -0.3 is 14.2 Å². The van der Waals surface area contributed by atoms with Crippen molar-refractivity contribution in [3.63, 3.8) is 0 Å². The molecule has 0 aromatic heterocycles. The fraction of sp³-hybridized carbons (Fsp3) is 0.597. The summed E-state index contributed by atoms with van der Waals surface area (Å²) >= 11 is 0. The maximum Gasteiger partial charge on any atom is 0.306 e. The van der Waals surface area contributed by atoms with Crippen molar-refractivity contribution >= 4 is 17.9 Å². The van der Waals surface area contributed by atoms with Crippen LogP contribution in [0.4, 0.5) is 0 Å². The Labute approximate surface area is 480 Å². The van der Waals surface area contributed by atoms with E-state index in [-0.39, 0.29) is 37.5 Å². The Morgan fingerprint density at radius 1 is 0.269 bits per heavy atom. The van der Waals surface area contributed by atoms with Crippen LogP contribution in [0.5, 0.6) is 0 Å². The topological polar surface area (TPSA) is 78.9 Å². The number of ether oxygens (including phenoxy) is 3. The molecule has 0 aromatic carbocycles. The van der Waals surface area contributed by atoms with Crippen molar-refractivity contribution in [2.75, 3.05) is 13.2 Å². The van der Waals surface area contributed by atoms with E-state index in [1.165, 1.54) is 83.5 Å². The summed E-state index contributed by atoms with van der Waals surface area (Å²) in [5.41, 5.74) is 0. The highest BCUT2D eigenvalue weighted by molar-refractivity contribution is 5.71. The van der Waals surface area contributed by atoms with Crippen molar-refractivity contribution in [3.8, 4) is 0 Å². The van der Waals surface area contributed by atoms with Crippen LogP contribution in [0.25, 0.3) is 0 Å². The zero-order chi connectivity index (χ0) is 56.4. The van der Waals surface area contributed by atoms with Crippen molar-refractivity contribution in [2.45, 2.75) is 264 Å². The zero-order valence-corrected chi connectivity index (χ0v) is 50.1. The fourth-order valence-corrected chi connectivity index (χ4v) is 8.09. The molecule has 0 fully saturated rings. The summed E-state index contributed by atoms with van der Waals surface area (Å²) in [7, 11) is 0. The lowest BCUT2D eigenvalue weighted by Gasteiger charge is -2.18. The van der Waals surface area contributed by atoms with Gasteiger partial charge in [0.25, 0.3) is 0 Å². The number of unbranched alkanes of at least 4 members (excludes halogenated alkanes) is 18. The quantitative estimate of drug-likeness (QED) is 0.0261. The smallest absolute Gasteiger partial charge is 0.306 e. The Hall–Kier alpha value is -4.97. The number of allylic oxidation sites excluding steroid dienone is 26. The van der Waals surface area contributed by atoms with Gasteiger partial charge >= 0.3 is 17.9 Å². The van der Waals surface area contributed by atoms with Crippen LogP contribution in [0.1, 0.15) is 258 Å². The average Bonchev–Trinajstić information content (AvgIpc) is 3.44. The second kappa shape index (κ2) is 64.6. The lowest BCUT2D eigenvalue weighted by Crippen LogP contribution is -2.30. The Morgan fingerprint density at radius 2 is 0.500 bits per heavy atom. The molecule has 1 atom stereocenters. The van der Waals surface area contributed by atoms with Gasteiger partial charge in [0.15, 0.2) is 6.10 Å². The standard InChI is InChI=1S/C72H114O6/c1-4-7-10-13-16-19-22-25-28-30-32-33-34-35-36-37-38-39-40-42-44-47-50-53-56-59-62-65-71(74)77-68-69(67-76-70(73)64-61-58-55-52-49-46-43-27-24-21-18-15-12-9-6-3)78-72(75)66-63-60-57-54-51-48-45-41-31-29-26-23-20-17-14-11-8-5-2/h7,9-10,12,16,18-19,21,25,27-29,31-33,35-36,38-39,42-44,49-50,52-53,69H,4-6,8,11,13-15,17,20,22-24,26,30,34,37,40-41,45-48,51,54-68H2,1-3H3/b10-7-,12-9-,19-16-,21-18-,28-25-,31-29-,33-32-,36-35-,39-38-,43-27-,44-42-,52-49-,53-50-. The Kier molecular flexibility index (Phi) is 60.4. The van der Waals surface area contributed by atoms with Crippen LogP contribution < -0.4 is 0 Å². The summed E-state index contributed by atoms with van der Waals surface area (Å²) in [5.74, 6) is -1.01. The Bertz CT molecular complexity index is 1760. The van der Waals surface area contributed by atoms with Crippen molar-refractivity contribution in [1.29, 1.82) is 0 Å². The molecule has 0 aromatic rings. The zero-order valence-electron chi connectivity index (χ0n) is 50.1. The number of hydrogen-bond acceptors (Lipinski definition) is 6. The molecular formula is C72H114O6. The average molecular weight is 1080 g/mol. The molecule has 0 rings (SSSR count). The molecule has 438 valence electrons. The maximum atomic E-state index is 12.9. The third-order valence-electron chi connectivity index (χ3n) is 12.7. The summed E-state index contributed by atoms with van der Waals surface area (Å²) in [6.07, 6.45) is 93.9. The predicted molar refractivity (Wildman–Crippen MR) is 338 cm³/mol. The largest absolute Gasteiger partial charge is 0.462 e. The van der Waals surface area contributed by atoms with Crippen LogP contribution in [-0.2, 0) is 28.6 Å². The van der Waals surface area contributed by atoms with E-state index in [4.69, 9.17) is 14.2 Å². The second-order valence-corrected chi connectivity index (χ2v) is 20.2. The van der Waals surface area contributed by atoms with Gasteiger partial charge in [0.1, 0.15) is 13.2 Å². The molecule has 0 heterocycles. The molecular weight excluding hydrogens is 961 g/mol. The highest BCUT2D eigenvalue weighted by Crippen LogP contribution is 2.14. The van der Waals surface area contributed by atoms with E-state index >= 15 is 0 Å². The normalized spacial score (nSPS) is 13.2.